The molecule has 4 rings (SSSR count). The van der Waals surface area contributed by atoms with Crippen molar-refractivity contribution in [3.05, 3.63) is 80.7 Å². The number of thioether (sulfide) groups is 1. The van der Waals surface area contributed by atoms with Crippen molar-refractivity contribution in [2.24, 2.45) is 0 Å². The molecule has 1 aliphatic rings. The summed E-state index contributed by atoms with van der Waals surface area (Å²) in [6.45, 7) is 0.128. The van der Waals surface area contributed by atoms with Gasteiger partial charge in [-0.3, -0.25) is 24.6 Å². The first-order valence-electron chi connectivity index (χ1n) is 9.55. The first kappa shape index (κ1) is 21.4. The molecule has 0 unspecified atom stereocenters. The summed E-state index contributed by atoms with van der Waals surface area (Å²) in [5.41, 5.74) is 0.884. The van der Waals surface area contributed by atoms with Gasteiger partial charge in [0.15, 0.2) is 0 Å². The number of amides is 2. The molecule has 1 fully saturated rings. The zero-order valence-electron chi connectivity index (χ0n) is 17.2. The van der Waals surface area contributed by atoms with Gasteiger partial charge in [0, 0.05) is 17.7 Å². The van der Waals surface area contributed by atoms with E-state index in [1.165, 1.54) is 37.3 Å². The topological polar surface area (TPSA) is 99.0 Å². The molecule has 0 spiro atoms. The average Bonchev–Trinajstić information content (AvgIpc) is 3.06. The van der Waals surface area contributed by atoms with Gasteiger partial charge in [-0.05, 0) is 34.2 Å². The van der Waals surface area contributed by atoms with Crippen molar-refractivity contribution in [3.63, 3.8) is 0 Å². The van der Waals surface area contributed by atoms with Gasteiger partial charge in [-0.25, -0.2) is 0 Å². The van der Waals surface area contributed by atoms with Crippen molar-refractivity contribution < 1.29 is 24.0 Å². The van der Waals surface area contributed by atoms with E-state index in [-0.39, 0.29) is 28.6 Å². The summed E-state index contributed by atoms with van der Waals surface area (Å²) < 4.78 is 10.4. The lowest BCUT2D eigenvalue weighted by Crippen LogP contribution is -2.27. The lowest BCUT2D eigenvalue weighted by molar-refractivity contribution is -0.385. The third-order valence-electron chi connectivity index (χ3n) is 5.10. The number of nitro groups is 1. The van der Waals surface area contributed by atoms with Gasteiger partial charge in [-0.1, -0.05) is 42.5 Å². The highest BCUT2D eigenvalue weighted by Crippen LogP contribution is 2.39. The number of carbonyl (C=O) groups is 2. The summed E-state index contributed by atoms with van der Waals surface area (Å²) in [6, 6.07) is 16.1. The summed E-state index contributed by atoms with van der Waals surface area (Å²) in [4.78, 5) is 37.8. The SMILES string of the molecule is COc1cc(OC)c([N+](=O)[O-])cc1/C=C1/SC(=O)N(Cc2cccc3ccccc23)C1=O. The number of methoxy groups -OCH3 is 2. The molecule has 0 aromatic heterocycles. The number of rotatable bonds is 6. The number of imide groups is 1. The Balaban J connectivity index is 1.68. The van der Waals surface area contributed by atoms with Gasteiger partial charge in [0.1, 0.15) is 5.75 Å². The molecule has 9 heteroatoms. The second-order valence-electron chi connectivity index (χ2n) is 6.93. The van der Waals surface area contributed by atoms with Crippen molar-refractivity contribution in [1.82, 2.24) is 4.90 Å². The lowest BCUT2D eigenvalue weighted by Gasteiger charge is -2.14. The smallest absolute Gasteiger partial charge is 0.311 e. The van der Waals surface area contributed by atoms with Crippen LogP contribution in [-0.2, 0) is 11.3 Å². The predicted molar refractivity (Wildman–Crippen MR) is 122 cm³/mol. The Labute approximate surface area is 187 Å². The quantitative estimate of drug-likeness (QED) is 0.296. The van der Waals surface area contributed by atoms with E-state index in [0.29, 0.717) is 5.56 Å². The minimum atomic E-state index is -0.581. The molecule has 162 valence electrons. The molecule has 8 nitrogen and oxygen atoms in total. The number of benzene rings is 3. The van der Waals surface area contributed by atoms with Crippen molar-refractivity contribution >= 4 is 45.4 Å². The van der Waals surface area contributed by atoms with Crippen LogP contribution >= 0.6 is 11.8 Å². The van der Waals surface area contributed by atoms with Crippen LogP contribution in [0, 0.1) is 10.1 Å². The third kappa shape index (κ3) is 3.90. The summed E-state index contributed by atoms with van der Waals surface area (Å²) in [7, 11) is 2.73. The van der Waals surface area contributed by atoms with Crippen LogP contribution < -0.4 is 9.47 Å². The zero-order valence-corrected chi connectivity index (χ0v) is 18.0. The van der Waals surface area contributed by atoms with Crippen LogP contribution in [0.5, 0.6) is 11.5 Å². The Hall–Kier alpha value is -3.85. The van der Waals surface area contributed by atoms with Crippen LogP contribution in [-0.4, -0.2) is 35.2 Å². The second-order valence-corrected chi connectivity index (χ2v) is 7.92. The number of nitro benzene ring substituents is 1. The molecule has 0 aliphatic carbocycles. The maximum atomic E-state index is 13.0. The van der Waals surface area contributed by atoms with Crippen molar-refractivity contribution in [1.29, 1.82) is 0 Å². The molecule has 0 saturated carbocycles. The largest absolute Gasteiger partial charge is 0.496 e. The first-order valence-corrected chi connectivity index (χ1v) is 10.4. The molecule has 32 heavy (non-hydrogen) atoms. The minimum absolute atomic E-state index is 0.0352. The monoisotopic (exact) mass is 450 g/mol. The molecule has 0 N–H and O–H groups in total. The Kier molecular flexibility index (Phi) is 5.83. The van der Waals surface area contributed by atoms with Crippen LogP contribution in [0.25, 0.3) is 16.8 Å². The van der Waals surface area contributed by atoms with E-state index in [2.05, 4.69) is 0 Å². The molecule has 3 aromatic carbocycles. The van der Waals surface area contributed by atoms with E-state index in [1.54, 1.807) is 0 Å². The zero-order chi connectivity index (χ0) is 22.8. The molecule has 0 radical (unpaired) electrons. The fourth-order valence-electron chi connectivity index (χ4n) is 3.54. The molecule has 3 aromatic rings. The van der Waals surface area contributed by atoms with Gasteiger partial charge in [-0.15, -0.1) is 0 Å². The van der Waals surface area contributed by atoms with E-state index in [4.69, 9.17) is 9.47 Å². The summed E-state index contributed by atoms with van der Waals surface area (Å²) >= 11 is 0.787. The van der Waals surface area contributed by atoms with E-state index in [1.807, 2.05) is 42.5 Å². The molecule has 1 saturated heterocycles. The number of ether oxygens (including phenoxy) is 2. The van der Waals surface area contributed by atoms with E-state index >= 15 is 0 Å². The van der Waals surface area contributed by atoms with Crippen LogP contribution in [0.3, 0.4) is 0 Å². The van der Waals surface area contributed by atoms with Gasteiger partial charge in [0.05, 0.1) is 30.6 Å². The van der Waals surface area contributed by atoms with Crippen molar-refractivity contribution in [2.45, 2.75) is 6.54 Å². The molecule has 1 heterocycles. The van der Waals surface area contributed by atoms with Crippen LogP contribution in [0.1, 0.15) is 11.1 Å². The molecular weight excluding hydrogens is 432 g/mol. The Morgan fingerprint density at radius 2 is 1.75 bits per heavy atom. The third-order valence-corrected chi connectivity index (χ3v) is 6.00. The van der Waals surface area contributed by atoms with Gasteiger partial charge in [0.25, 0.3) is 11.1 Å². The van der Waals surface area contributed by atoms with Gasteiger partial charge < -0.3 is 9.47 Å². The van der Waals surface area contributed by atoms with E-state index in [0.717, 1.165) is 28.1 Å². The summed E-state index contributed by atoms with van der Waals surface area (Å²) in [6.07, 6.45) is 1.43. The fraction of sp³-hybridized carbons (Fsp3) is 0.130. The first-order chi connectivity index (χ1) is 15.4. The average molecular weight is 450 g/mol. The van der Waals surface area contributed by atoms with Gasteiger partial charge in [0.2, 0.25) is 5.75 Å². The van der Waals surface area contributed by atoms with Crippen molar-refractivity contribution in [3.8, 4) is 11.5 Å². The van der Waals surface area contributed by atoms with Crippen LogP contribution in [0.4, 0.5) is 10.5 Å². The number of hydrogen-bond donors (Lipinski definition) is 0. The van der Waals surface area contributed by atoms with E-state index in [9.17, 15) is 19.7 Å². The normalized spacial score (nSPS) is 14.9. The summed E-state index contributed by atoms with van der Waals surface area (Å²) in [5, 5.41) is 13.0. The standard InChI is InChI=1S/C23H18N2O6S/c1-30-19-12-20(31-2)18(25(28)29)10-16(19)11-21-22(26)24(23(27)32-21)13-15-8-5-7-14-6-3-4-9-17(14)15/h3-12H,13H2,1-2H3/b21-11+. The van der Waals surface area contributed by atoms with Gasteiger partial charge in [-0.2, -0.15) is 0 Å². The van der Waals surface area contributed by atoms with Crippen molar-refractivity contribution in [2.75, 3.05) is 14.2 Å². The van der Waals surface area contributed by atoms with Crippen LogP contribution in [0.15, 0.2) is 59.5 Å². The maximum absolute atomic E-state index is 13.0. The molecule has 2 amide bonds. The maximum Gasteiger partial charge on any atom is 0.311 e. The van der Waals surface area contributed by atoms with Gasteiger partial charge >= 0.3 is 5.69 Å². The Morgan fingerprint density at radius 1 is 1.03 bits per heavy atom. The molecule has 0 atom stereocenters. The number of hydrogen-bond acceptors (Lipinski definition) is 7. The highest BCUT2D eigenvalue weighted by molar-refractivity contribution is 8.18. The molecule has 1 aliphatic heterocycles. The minimum Gasteiger partial charge on any atom is -0.496 e. The van der Waals surface area contributed by atoms with Crippen LogP contribution in [0.2, 0.25) is 0 Å². The highest BCUT2D eigenvalue weighted by atomic mass is 32.2. The predicted octanol–water partition coefficient (Wildman–Crippen LogP) is 5.00. The Bertz CT molecular complexity index is 1280. The lowest BCUT2D eigenvalue weighted by atomic mass is 10.0. The summed E-state index contributed by atoms with van der Waals surface area (Å²) in [5.74, 6) is -0.144. The number of fused-ring (bicyclic) bond motifs is 1. The molecular formula is C23H18N2O6S. The van der Waals surface area contributed by atoms with E-state index < -0.39 is 16.1 Å². The fourth-order valence-corrected chi connectivity index (χ4v) is 4.37. The number of nitrogens with zero attached hydrogens (tertiary/aromatic N) is 2. The number of carbonyl (C=O) groups excluding carboxylic acids is 2. The second kappa shape index (κ2) is 8.72. The highest BCUT2D eigenvalue weighted by Gasteiger charge is 2.35. The Morgan fingerprint density at radius 3 is 2.47 bits per heavy atom. The molecule has 0 bridgehead atoms.